The van der Waals surface area contributed by atoms with Crippen LogP contribution in [0.5, 0.6) is 0 Å². The van der Waals surface area contributed by atoms with Crippen LogP contribution in [0.15, 0.2) is 12.3 Å². The van der Waals surface area contributed by atoms with Gasteiger partial charge in [-0.25, -0.2) is 4.98 Å². The lowest BCUT2D eigenvalue weighted by molar-refractivity contribution is 0.128. The normalized spacial score (nSPS) is 12.7. The van der Waals surface area contributed by atoms with Gasteiger partial charge >= 0.3 is 0 Å². The van der Waals surface area contributed by atoms with Crippen molar-refractivity contribution in [3.05, 3.63) is 22.8 Å². The highest BCUT2D eigenvalue weighted by Gasteiger charge is 2.05. The molecule has 1 aromatic heterocycles. The van der Waals surface area contributed by atoms with E-state index in [2.05, 4.69) is 29.5 Å². The van der Waals surface area contributed by atoms with Crippen molar-refractivity contribution in [2.24, 2.45) is 5.92 Å². The number of hydrogen-bond donors (Lipinski definition) is 2. The SMILES string of the molecule is COC(C)CNc1ncc(CNCC(C)C)cc1Cl. The molecule has 1 unspecified atom stereocenters. The molecule has 2 N–H and O–H groups in total. The lowest BCUT2D eigenvalue weighted by atomic mass is 10.2. The molecule has 0 spiro atoms. The highest BCUT2D eigenvalue weighted by molar-refractivity contribution is 6.32. The number of pyridine rings is 1. The summed E-state index contributed by atoms with van der Waals surface area (Å²) in [5.74, 6) is 1.35. The lowest BCUT2D eigenvalue weighted by Crippen LogP contribution is -2.20. The Morgan fingerprint density at radius 1 is 1.32 bits per heavy atom. The van der Waals surface area contributed by atoms with Crippen molar-refractivity contribution >= 4 is 17.4 Å². The summed E-state index contributed by atoms with van der Waals surface area (Å²) in [4.78, 5) is 4.34. The van der Waals surface area contributed by atoms with E-state index < -0.39 is 0 Å². The second-order valence-electron chi connectivity index (χ2n) is 5.13. The van der Waals surface area contributed by atoms with Crippen LogP contribution in [0.3, 0.4) is 0 Å². The summed E-state index contributed by atoms with van der Waals surface area (Å²) in [6.45, 7) is 8.83. The predicted octanol–water partition coefficient (Wildman–Crippen LogP) is 2.93. The van der Waals surface area contributed by atoms with Gasteiger partial charge in [-0.05, 0) is 31.0 Å². The molecule has 1 aromatic rings. The third-order valence-electron chi connectivity index (χ3n) is 2.74. The molecule has 0 radical (unpaired) electrons. The van der Waals surface area contributed by atoms with E-state index in [1.54, 1.807) is 7.11 Å². The predicted molar refractivity (Wildman–Crippen MR) is 80.8 cm³/mol. The van der Waals surface area contributed by atoms with Gasteiger partial charge in [0.1, 0.15) is 5.82 Å². The van der Waals surface area contributed by atoms with Crippen LogP contribution in [0.25, 0.3) is 0 Å². The van der Waals surface area contributed by atoms with Gasteiger partial charge < -0.3 is 15.4 Å². The van der Waals surface area contributed by atoms with E-state index in [1.807, 2.05) is 19.2 Å². The van der Waals surface area contributed by atoms with E-state index in [0.29, 0.717) is 23.3 Å². The standard InChI is InChI=1S/C14H24ClN3O/c1-10(2)6-16-8-12-5-13(15)14(18-9-12)17-7-11(3)19-4/h5,9-11,16H,6-8H2,1-4H3,(H,17,18). The minimum absolute atomic E-state index is 0.130. The number of methoxy groups -OCH3 is 1. The fraction of sp³-hybridized carbons (Fsp3) is 0.643. The molecule has 0 aliphatic heterocycles. The monoisotopic (exact) mass is 285 g/mol. The van der Waals surface area contributed by atoms with Gasteiger partial charge in [0.2, 0.25) is 0 Å². The topological polar surface area (TPSA) is 46.2 Å². The molecule has 5 heteroatoms. The van der Waals surface area contributed by atoms with Crippen LogP contribution in [0, 0.1) is 5.92 Å². The first-order valence-corrected chi connectivity index (χ1v) is 7.02. The summed E-state index contributed by atoms with van der Waals surface area (Å²) in [5, 5.41) is 7.19. The first kappa shape index (κ1) is 16.2. The molecule has 19 heavy (non-hydrogen) atoms. The molecule has 1 atom stereocenters. The van der Waals surface area contributed by atoms with Crippen LogP contribution in [0.1, 0.15) is 26.3 Å². The summed E-state index contributed by atoms with van der Waals surface area (Å²) in [6, 6.07) is 1.95. The lowest BCUT2D eigenvalue weighted by Gasteiger charge is -2.13. The highest BCUT2D eigenvalue weighted by Crippen LogP contribution is 2.20. The molecule has 0 amide bonds. The van der Waals surface area contributed by atoms with Crippen LogP contribution in [0.2, 0.25) is 5.02 Å². The molecule has 0 fully saturated rings. The Labute approximate surface area is 120 Å². The van der Waals surface area contributed by atoms with Crippen molar-refractivity contribution in [3.63, 3.8) is 0 Å². The number of rotatable bonds is 8. The van der Waals surface area contributed by atoms with Crippen molar-refractivity contribution in [2.75, 3.05) is 25.5 Å². The molecule has 0 saturated heterocycles. The zero-order valence-electron chi connectivity index (χ0n) is 12.2. The van der Waals surface area contributed by atoms with E-state index in [0.717, 1.165) is 18.7 Å². The minimum atomic E-state index is 0.130. The van der Waals surface area contributed by atoms with Crippen LogP contribution >= 0.6 is 11.6 Å². The van der Waals surface area contributed by atoms with Crippen LogP contribution in [-0.2, 0) is 11.3 Å². The molecule has 4 nitrogen and oxygen atoms in total. The number of anilines is 1. The zero-order valence-corrected chi connectivity index (χ0v) is 12.9. The third kappa shape index (κ3) is 6.23. The largest absolute Gasteiger partial charge is 0.380 e. The molecule has 0 aliphatic rings. The average molecular weight is 286 g/mol. The van der Waals surface area contributed by atoms with E-state index in [4.69, 9.17) is 16.3 Å². The fourth-order valence-electron chi connectivity index (χ4n) is 1.53. The number of aromatic nitrogens is 1. The second kappa shape index (κ2) is 8.35. The van der Waals surface area contributed by atoms with Gasteiger partial charge in [-0.15, -0.1) is 0 Å². The van der Waals surface area contributed by atoms with Crippen LogP contribution in [-0.4, -0.2) is 31.3 Å². The van der Waals surface area contributed by atoms with Crippen molar-refractivity contribution < 1.29 is 4.74 Å². The van der Waals surface area contributed by atoms with E-state index in [9.17, 15) is 0 Å². The van der Waals surface area contributed by atoms with Gasteiger partial charge in [0, 0.05) is 26.4 Å². The van der Waals surface area contributed by atoms with Gasteiger partial charge in [0.25, 0.3) is 0 Å². The van der Waals surface area contributed by atoms with E-state index in [-0.39, 0.29) is 6.10 Å². The molecule has 0 aromatic carbocycles. The first-order chi connectivity index (χ1) is 9.02. The summed E-state index contributed by atoms with van der Waals surface area (Å²) in [7, 11) is 1.69. The summed E-state index contributed by atoms with van der Waals surface area (Å²) in [5.41, 5.74) is 1.09. The Balaban J connectivity index is 2.49. The Morgan fingerprint density at radius 3 is 2.63 bits per heavy atom. The molecule has 0 saturated carbocycles. The maximum absolute atomic E-state index is 6.20. The van der Waals surface area contributed by atoms with Gasteiger partial charge in [-0.2, -0.15) is 0 Å². The van der Waals surface area contributed by atoms with Crippen molar-refractivity contribution in [1.29, 1.82) is 0 Å². The Bertz CT molecular complexity index is 385. The number of halogens is 1. The minimum Gasteiger partial charge on any atom is -0.380 e. The Morgan fingerprint density at radius 2 is 2.05 bits per heavy atom. The van der Waals surface area contributed by atoms with Crippen LogP contribution in [0.4, 0.5) is 5.82 Å². The first-order valence-electron chi connectivity index (χ1n) is 6.64. The molecule has 1 rings (SSSR count). The number of nitrogens with one attached hydrogen (secondary N) is 2. The van der Waals surface area contributed by atoms with E-state index >= 15 is 0 Å². The zero-order chi connectivity index (χ0) is 14.3. The maximum atomic E-state index is 6.20. The summed E-state index contributed by atoms with van der Waals surface area (Å²) >= 11 is 6.20. The van der Waals surface area contributed by atoms with Gasteiger partial charge in [-0.3, -0.25) is 0 Å². The molecule has 0 bridgehead atoms. The van der Waals surface area contributed by atoms with Crippen molar-refractivity contribution in [2.45, 2.75) is 33.4 Å². The Hall–Kier alpha value is -0.840. The van der Waals surface area contributed by atoms with E-state index in [1.165, 1.54) is 0 Å². The average Bonchev–Trinajstić information content (AvgIpc) is 2.37. The maximum Gasteiger partial charge on any atom is 0.144 e. The molecule has 1 heterocycles. The molecular weight excluding hydrogens is 262 g/mol. The van der Waals surface area contributed by atoms with Gasteiger partial charge in [-0.1, -0.05) is 25.4 Å². The number of nitrogens with zero attached hydrogens (tertiary/aromatic N) is 1. The number of ether oxygens (including phenoxy) is 1. The van der Waals surface area contributed by atoms with Crippen LogP contribution < -0.4 is 10.6 Å². The van der Waals surface area contributed by atoms with Crippen molar-refractivity contribution in [1.82, 2.24) is 10.3 Å². The molecular formula is C14H24ClN3O. The van der Waals surface area contributed by atoms with Gasteiger partial charge in [0.05, 0.1) is 11.1 Å². The third-order valence-corrected chi connectivity index (χ3v) is 3.03. The summed E-state index contributed by atoms with van der Waals surface area (Å²) < 4.78 is 5.17. The second-order valence-corrected chi connectivity index (χ2v) is 5.53. The van der Waals surface area contributed by atoms with Crippen molar-refractivity contribution in [3.8, 4) is 0 Å². The smallest absolute Gasteiger partial charge is 0.144 e. The van der Waals surface area contributed by atoms with Gasteiger partial charge in [0.15, 0.2) is 0 Å². The molecule has 0 aliphatic carbocycles. The fourth-order valence-corrected chi connectivity index (χ4v) is 1.79. The Kier molecular flexibility index (Phi) is 7.13. The summed E-state index contributed by atoms with van der Waals surface area (Å²) in [6.07, 6.45) is 1.98. The number of hydrogen-bond acceptors (Lipinski definition) is 4. The highest BCUT2D eigenvalue weighted by atomic mass is 35.5. The molecule has 108 valence electrons. The quantitative estimate of drug-likeness (QED) is 0.771.